The van der Waals surface area contributed by atoms with Crippen LogP contribution >= 0.6 is 0 Å². The molecule has 0 fully saturated rings. The number of rotatable bonds is 6. The van der Waals surface area contributed by atoms with E-state index in [4.69, 9.17) is 10.8 Å². The Bertz CT molecular complexity index is 391. The molecule has 0 unspecified atom stereocenters. The summed E-state index contributed by atoms with van der Waals surface area (Å²) in [4.78, 5) is 13.0. The van der Waals surface area contributed by atoms with Crippen molar-refractivity contribution < 1.29 is 9.90 Å². The summed E-state index contributed by atoms with van der Waals surface area (Å²) >= 11 is 0. The van der Waals surface area contributed by atoms with E-state index in [1.54, 1.807) is 12.1 Å². The third-order valence-corrected chi connectivity index (χ3v) is 2.81. The van der Waals surface area contributed by atoms with Crippen molar-refractivity contribution in [3.8, 4) is 0 Å². The zero-order chi connectivity index (χ0) is 12.8. The molecular formula is C13H20N2O2. The molecule has 0 spiro atoms. The van der Waals surface area contributed by atoms with E-state index in [0.717, 1.165) is 18.7 Å². The van der Waals surface area contributed by atoms with Gasteiger partial charge in [0.25, 0.3) is 0 Å². The van der Waals surface area contributed by atoms with Crippen molar-refractivity contribution in [1.82, 2.24) is 0 Å². The van der Waals surface area contributed by atoms with Gasteiger partial charge in [-0.15, -0.1) is 0 Å². The molecule has 0 aliphatic rings. The number of hydrogen-bond donors (Lipinski definition) is 2. The second-order valence-corrected chi connectivity index (χ2v) is 4.21. The second-order valence-electron chi connectivity index (χ2n) is 4.21. The molecular weight excluding hydrogens is 216 g/mol. The van der Waals surface area contributed by atoms with Crippen LogP contribution in [0.15, 0.2) is 18.2 Å². The Morgan fingerprint density at radius 1 is 1.41 bits per heavy atom. The molecule has 0 aliphatic carbocycles. The maximum absolute atomic E-state index is 11.0. The van der Waals surface area contributed by atoms with Gasteiger partial charge in [-0.1, -0.05) is 19.8 Å². The van der Waals surface area contributed by atoms with Crippen LogP contribution in [0.5, 0.6) is 0 Å². The van der Waals surface area contributed by atoms with E-state index in [-0.39, 0.29) is 5.56 Å². The average molecular weight is 236 g/mol. The molecule has 0 saturated heterocycles. The molecule has 0 atom stereocenters. The highest BCUT2D eigenvalue weighted by molar-refractivity contribution is 5.94. The molecule has 1 aromatic carbocycles. The van der Waals surface area contributed by atoms with Crippen LogP contribution < -0.4 is 10.6 Å². The van der Waals surface area contributed by atoms with Crippen LogP contribution in [0, 0.1) is 0 Å². The van der Waals surface area contributed by atoms with Gasteiger partial charge in [-0.25, -0.2) is 4.79 Å². The smallest absolute Gasteiger partial charge is 0.337 e. The summed E-state index contributed by atoms with van der Waals surface area (Å²) in [7, 11) is 1.97. The van der Waals surface area contributed by atoms with Crippen LogP contribution in [0.1, 0.15) is 36.5 Å². The van der Waals surface area contributed by atoms with Crippen LogP contribution in [-0.2, 0) is 0 Å². The summed E-state index contributed by atoms with van der Waals surface area (Å²) in [6.07, 6.45) is 3.47. The molecule has 0 heterocycles. The Morgan fingerprint density at radius 2 is 2.12 bits per heavy atom. The summed E-state index contributed by atoms with van der Waals surface area (Å²) in [5.74, 6) is -0.980. The topological polar surface area (TPSA) is 66.6 Å². The fourth-order valence-corrected chi connectivity index (χ4v) is 1.69. The minimum absolute atomic E-state index is 0.171. The molecule has 0 aliphatic heterocycles. The Morgan fingerprint density at radius 3 is 2.71 bits per heavy atom. The SMILES string of the molecule is CCCCCN(C)c1ccc(N)c(C(=O)O)c1. The number of carbonyl (C=O) groups is 1. The van der Waals surface area contributed by atoms with Gasteiger partial charge >= 0.3 is 5.97 Å². The molecule has 1 aromatic rings. The third kappa shape index (κ3) is 3.66. The number of carboxylic acids is 1. The number of nitrogens with zero attached hydrogens (tertiary/aromatic N) is 1. The van der Waals surface area contributed by atoms with Crippen LogP contribution in [-0.4, -0.2) is 24.7 Å². The quantitative estimate of drug-likeness (QED) is 0.588. The number of nitrogens with two attached hydrogens (primary N) is 1. The highest BCUT2D eigenvalue weighted by atomic mass is 16.4. The Balaban J connectivity index is 2.77. The van der Waals surface area contributed by atoms with Gasteiger partial charge in [-0.2, -0.15) is 0 Å². The minimum Gasteiger partial charge on any atom is -0.478 e. The van der Waals surface area contributed by atoms with E-state index < -0.39 is 5.97 Å². The van der Waals surface area contributed by atoms with E-state index in [9.17, 15) is 4.79 Å². The molecule has 4 heteroatoms. The predicted molar refractivity (Wildman–Crippen MR) is 70.6 cm³/mol. The van der Waals surface area contributed by atoms with Gasteiger partial charge < -0.3 is 15.7 Å². The summed E-state index contributed by atoms with van der Waals surface area (Å²) in [5.41, 5.74) is 6.99. The van der Waals surface area contributed by atoms with Gasteiger partial charge in [0, 0.05) is 25.0 Å². The second kappa shape index (κ2) is 6.13. The lowest BCUT2D eigenvalue weighted by atomic mass is 10.1. The number of nitrogen functional groups attached to an aromatic ring is 1. The lowest BCUT2D eigenvalue weighted by molar-refractivity contribution is 0.0698. The van der Waals surface area contributed by atoms with Gasteiger partial charge in [-0.3, -0.25) is 0 Å². The van der Waals surface area contributed by atoms with Crippen LogP contribution in [0.25, 0.3) is 0 Å². The molecule has 0 bridgehead atoms. The van der Waals surface area contributed by atoms with Gasteiger partial charge in [-0.05, 0) is 24.6 Å². The first-order valence-electron chi connectivity index (χ1n) is 5.90. The Hall–Kier alpha value is -1.71. The molecule has 1 rings (SSSR count). The maximum atomic E-state index is 11.0. The molecule has 4 nitrogen and oxygen atoms in total. The van der Waals surface area contributed by atoms with Crippen LogP contribution in [0.2, 0.25) is 0 Å². The first-order valence-corrected chi connectivity index (χ1v) is 5.90. The largest absolute Gasteiger partial charge is 0.478 e. The van der Waals surface area contributed by atoms with Crippen molar-refractivity contribution in [2.24, 2.45) is 0 Å². The van der Waals surface area contributed by atoms with Crippen molar-refractivity contribution in [2.75, 3.05) is 24.2 Å². The molecule has 0 saturated carbocycles. The molecule has 17 heavy (non-hydrogen) atoms. The van der Waals surface area contributed by atoms with E-state index >= 15 is 0 Å². The van der Waals surface area contributed by atoms with E-state index in [1.807, 2.05) is 13.1 Å². The predicted octanol–water partition coefficient (Wildman–Crippen LogP) is 2.59. The van der Waals surface area contributed by atoms with Crippen LogP contribution in [0.4, 0.5) is 11.4 Å². The van der Waals surface area contributed by atoms with Gasteiger partial charge in [0.05, 0.1) is 5.56 Å². The van der Waals surface area contributed by atoms with E-state index in [1.165, 1.54) is 12.8 Å². The number of aromatic carboxylic acids is 1. The van der Waals surface area contributed by atoms with Crippen molar-refractivity contribution in [1.29, 1.82) is 0 Å². The maximum Gasteiger partial charge on any atom is 0.337 e. The molecule has 94 valence electrons. The summed E-state index contributed by atoms with van der Waals surface area (Å²) in [5, 5.41) is 8.99. The van der Waals surface area contributed by atoms with Gasteiger partial charge in [0.1, 0.15) is 0 Å². The van der Waals surface area contributed by atoms with Crippen molar-refractivity contribution >= 4 is 17.3 Å². The number of benzene rings is 1. The van der Waals surface area contributed by atoms with Crippen molar-refractivity contribution in [3.05, 3.63) is 23.8 Å². The Kier molecular flexibility index (Phi) is 4.82. The molecule has 0 aromatic heterocycles. The average Bonchev–Trinajstić information content (AvgIpc) is 2.29. The fraction of sp³-hybridized carbons (Fsp3) is 0.462. The third-order valence-electron chi connectivity index (χ3n) is 2.81. The number of unbranched alkanes of at least 4 members (excludes halogenated alkanes) is 2. The Labute approximate surface area is 102 Å². The minimum atomic E-state index is -0.980. The van der Waals surface area contributed by atoms with Crippen LogP contribution in [0.3, 0.4) is 0 Å². The highest BCUT2D eigenvalue weighted by Gasteiger charge is 2.10. The monoisotopic (exact) mass is 236 g/mol. The van der Waals surface area contributed by atoms with E-state index in [2.05, 4.69) is 11.8 Å². The zero-order valence-corrected chi connectivity index (χ0v) is 10.4. The number of anilines is 2. The van der Waals surface area contributed by atoms with Crippen molar-refractivity contribution in [3.63, 3.8) is 0 Å². The molecule has 0 amide bonds. The summed E-state index contributed by atoms with van der Waals surface area (Å²) in [6.45, 7) is 3.09. The molecule has 3 N–H and O–H groups in total. The number of carboxylic acid groups (broad SMARTS) is 1. The normalized spacial score (nSPS) is 10.2. The lowest BCUT2D eigenvalue weighted by Gasteiger charge is -2.20. The standard InChI is InChI=1S/C13H20N2O2/c1-3-4-5-8-15(2)10-6-7-12(14)11(9-10)13(16)17/h6-7,9H,3-5,8,14H2,1-2H3,(H,16,17). The molecule has 0 radical (unpaired) electrons. The summed E-state index contributed by atoms with van der Waals surface area (Å²) in [6, 6.07) is 5.13. The zero-order valence-electron chi connectivity index (χ0n) is 10.4. The fourth-order valence-electron chi connectivity index (χ4n) is 1.69. The van der Waals surface area contributed by atoms with Crippen molar-refractivity contribution in [2.45, 2.75) is 26.2 Å². The van der Waals surface area contributed by atoms with E-state index in [0.29, 0.717) is 5.69 Å². The summed E-state index contributed by atoms with van der Waals surface area (Å²) < 4.78 is 0. The number of hydrogen-bond acceptors (Lipinski definition) is 3. The highest BCUT2D eigenvalue weighted by Crippen LogP contribution is 2.20. The first kappa shape index (κ1) is 13.4. The van der Waals surface area contributed by atoms with Gasteiger partial charge in [0.2, 0.25) is 0 Å². The first-order chi connectivity index (χ1) is 8.06. The van der Waals surface area contributed by atoms with Gasteiger partial charge in [0.15, 0.2) is 0 Å². The lowest BCUT2D eigenvalue weighted by Crippen LogP contribution is -2.19.